The zero-order chi connectivity index (χ0) is 15.1. The third kappa shape index (κ3) is 4.46. The summed E-state index contributed by atoms with van der Waals surface area (Å²) in [6.45, 7) is 2.23. The van der Waals surface area contributed by atoms with Crippen LogP contribution in [0.5, 0.6) is 5.75 Å². The van der Waals surface area contributed by atoms with Gasteiger partial charge >= 0.3 is 5.97 Å². The maximum atomic E-state index is 12.3. The molecule has 1 aliphatic rings. The van der Waals surface area contributed by atoms with Gasteiger partial charge in [0.05, 0.1) is 13.7 Å². The lowest BCUT2D eigenvalue weighted by Gasteiger charge is -2.27. The van der Waals surface area contributed by atoms with Crippen molar-refractivity contribution in [2.45, 2.75) is 51.1 Å². The van der Waals surface area contributed by atoms with E-state index < -0.39 is 6.04 Å². The molecule has 4 heteroatoms. The van der Waals surface area contributed by atoms with E-state index in [0.717, 1.165) is 24.2 Å². The SMILES string of the molecule is CCOC(=O)C(NC1CCCCC1)c1cccc(OC)c1. The molecule has 2 rings (SSSR count). The standard InChI is InChI=1S/C17H25NO3/c1-3-21-17(19)16(18-14-9-5-4-6-10-14)13-8-7-11-15(12-13)20-2/h7-8,11-12,14,16,18H,3-6,9-10H2,1-2H3. The van der Waals surface area contributed by atoms with Gasteiger partial charge in [-0.15, -0.1) is 0 Å². The Labute approximate surface area is 126 Å². The van der Waals surface area contributed by atoms with Crippen molar-refractivity contribution in [1.82, 2.24) is 5.32 Å². The summed E-state index contributed by atoms with van der Waals surface area (Å²) in [5.41, 5.74) is 0.901. The Bertz CT molecular complexity index is 455. The van der Waals surface area contributed by atoms with Crippen LogP contribution in [0.3, 0.4) is 0 Å². The molecule has 0 radical (unpaired) electrons. The molecule has 1 N–H and O–H groups in total. The summed E-state index contributed by atoms with van der Waals surface area (Å²) in [7, 11) is 1.63. The molecule has 1 aromatic rings. The van der Waals surface area contributed by atoms with Crippen molar-refractivity contribution in [1.29, 1.82) is 0 Å². The predicted octanol–water partition coefficient (Wildman–Crippen LogP) is 3.22. The molecule has 0 aromatic heterocycles. The molecule has 116 valence electrons. The van der Waals surface area contributed by atoms with Gasteiger partial charge in [-0.05, 0) is 37.5 Å². The summed E-state index contributed by atoms with van der Waals surface area (Å²) in [5.74, 6) is 0.545. The van der Waals surface area contributed by atoms with Gasteiger partial charge in [0.15, 0.2) is 0 Å². The van der Waals surface area contributed by atoms with E-state index in [2.05, 4.69) is 5.32 Å². The van der Waals surface area contributed by atoms with Crippen LogP contribution in [0.15, 0.2) is 24.3 Å². The fraction of sp³-hybridized carbons (Fsp3) is 0.588. The minimum absolute atomic E-state index is 0.212. The fourth-order valence-electron chi connectivity index (χ4n) is 2.85. The molecule has 1 unspecified atom stereocenters. The Hall–Kier alpha value is -1.55. The number of rotatable bonds is 6. The number of nitrogens with one attached hydrogen (secondary N) is 1. The molecule has 1 aliphatic carbocycles. The van der Waals surface area contributed by atoms with Crippen LogP contribution >= 0.6 is 0 Å². The maximum absolute atomic E-state index is 12.3. The summed E-state index contributed by atoms with van der Waals surface area (Å²) in [6.07, 6.45) is 6.00. The van der Waals surface area contributed by atoms with Gasteiger partial charge in [0.2, 0.25) is 0 Å². The molecule has 0 aliphatic heterocycles. The number of ether oxygens (including phenoxy) is 2. The van der Waals surface area contributed by atoms with Gasteiger partial charge in [0.1, 0.15) is 11.8 Å². The predicted molar refractivity (Wildman–Crippen MR) is 82.4 cm³/mol. The lowest BCUT2D eigenvalue weighted by Crippen LogP contribution is -2.39. The van der Waals surface area contributed by atoms with Crippen molar-refractivity contribution in [3.05, 3.63) is 29.8 Å². The van der Waals surface area contributed by atoms with Crippen LogP contribution in [0.2, 0.25) is 0 Å². The van der Waals surface area contributed by atoms with Gasteiger partial charge in [-0.2, -0.15) is 0 Å². The summed E-state index contributed by atoms with van der Waals surface area (Å²) in [5, 5.41) is 3.48. The molecule has 1 fully saturated rings. The van der Waals surface area contributed by atoms with Gasteiger partial charge < -0.3 is 9.47 Å². The van der Waals surface area contributed by atoms with E-state index in [1.807, 2.05) is 31.2 Å². The third-order valence-corrected chi connectivity index (χ3v) is 3.96. The topological polar surface area (TPSA) is 47.6 Å². The molecular weight excluding hydrogens is 266 g/mol. The van der Waals surface area contributed by atoms with E-state index in [1.165, 1.54) is 19.3 Å². The summed E-state index contributed by atoms with van der Waals surface area (Å²) < 4.78 is 10.5. The normalized spacial score (nSPS) is 17.2. The zero-order valence-corrected chi connectivity index (χ0v) is 12.9. The van der Waals surface area contributed by atoms with Gasteiger partial charge in [-0.25, -0.2) is 4.79 Å². The quantitative estimate of drug-likeness (QED) is 0.818. The van der Waals surface area contributed by atoms with E-state index in [1.54, 1.807) is 7.11 Å². The Morgan fingerprint density at radius 2 is 2.10 bits per heavy atom. The van der Waals surface area contributed by atoms with Crippen LogP contribution < -0.4 is 10.1 Å². The highest BCUT2D eigenvalue weighted by molar-refractivity contribution is 5.77. The van der Waals surface area contributed by atoms with Gasteiger partial charge in [-0.1, -0.05) is 31.4 Å². The average Bonchev–Trinajstić information content (AvgIpc) is 2.54. The Kier molecular flexibility index (Phi) is 6.05. The van der Waals surface area contributed by atoms with Gasteiger partial charge in [-0.3, -0.25) is 5.32 Å². The summed E-state index contributed by atoms with van der Waals surface area (Å²) in [4.78, 5) is 12.3. The molecule has 1 atom stereocenters. The van der Waals surface area contributed by atoms with Crippen molar-refractivity contribution in [3.8, 4) is 5.75 Å². The first-order valence-corrected chi connectivity index (χ1v) is 7.81. The van der Waals surface area contributed by atoms with Crippen LogP contribution in [0, 0.1) is 0 Å². The monoisotopic (exact) mass is 291 g/mol. The second-order valence-corrected chi connectivity index (χ2v) is 5.46. The largest absolute Gasteiger partial charge is 0.497 e. The first-order valence-electron chi connectivity index (χ1n) is 7.81. The van der Waals surface area contributed by atoms with Crippen LogP contribution in [-0.4, -0.2) is 25.7 Å². The van der Waals surface area contributed by atoms with E-state index in [9.17, 15) is 4.79 Å². The summed E-state index contributed by atoms with van der Waals surface area (Å²) >= 11 is 0. The van der Waals surface area contributed by atoms with Crippen LogP contribution in [0.25, 0.3) is 0 Å². The van der Waals surface area contributed by atoms with Crippen molar-refractivity contribution >= 4 is 5.97 Å². The lowest BCUT2D eigenvalue weighted by atomic mass is 9.94. The van der Waals surface area contributed by atoms with Crippen LogP contribution in [-0.2, 0) is 9.53 Å². The number of hydrogen-bond donors (Lipinski definition) is 1. The number of esters is 1. The van der Waals surface area contributed by atoms with Crippen molar-refractivity contribution in [3.63, 3.8) is 0 Å². The minimum Gasteiger partial charge on any atom is -0.497 e. The maximum Gasteiger partial charge on any atom is 0.327 e. The average molecular weight is 291 g/mol. The molecule has 0 spiro atoms. The highest BCUT2D eigenvalue weighted by Gasteiger charge is 2.26. The summed E-state index contributed by atoms with van der Waals surface area (Å²) in [6, 6.07) is 7.61. The second kappa shape index (κ2) is 8.03. The second-order valence-electron chi connectivity index (χ2n) is 5.46. The molecule has 1 saturated carbocycles. The fourth-order valence-corrected chi connectivity index (χ4v) is 2.85. The number of hydrogen-bond acceptors (Lipinski definition) is 4. The Balaban J connectivity index is 2.15. The highest BCUT2D eigenvalue weighted by atomic mass is 16.5. The highest BCUT2D eigenvalue weighted by Crippen LogP contribution is 2.24. The van der Waals surface area contributed by atoms with E-state index >= 15 is 0 Å². The van der Waals surface area contributed by atoms with E-state index in [4.69, 9.17) is 9.47 Å². The Morgan fingerprint density at radius 3 is 2.76 bits per heavy atom. The van der Waals surface area contributed by atoms with Crippen LogP contribution in [0.4, 0.5) is 0 Å². The first kappa shape index (κ1) is 15.8. The van der Waals surface area contributed by atoms with Crippen LogP contribution in [0.1, 0.15) is 50.6 Å². The smallest absolute Gasteiger partial charge is 0.327 e. The third-order valence-electron chi connectivity index (χ3n) is 3.96. The van der Waals surface area contributed by atoms with Gasteiger partial charge in [0, 0.05) is 6.04 Å². The Morgan fingerprint density at radius 1 is 1.33 bits per heavy atom. The minimum atomic E-state index is -0.414. The number of carbonyl (C=O) groups is 1. The molecule has 0 heterocycles. The van der Waals surface area contributed by atoms with E-state index in [-0.39, 0.29) is 5.97 Å². The van der Waals surface area contributed by atoms with Crippen molar-refractivity contribution in [2.24, 2.45) is 0 Å². The molecule has 1 aromatic carbocycles. The molecule has 0 saturated heterocycles. The number of carbonyl (C=O) groups excluding carboxylic acids is 1. The zero-order valence-electron chi connectivity index (χ0n) is 12.9. The van der Waals surface area contributed by atoms with E-state index in [0.29, 0.717) is 12.6 Å². The van der Waals surface area contributed by atoms with Crippen molar-refractivity contribution < 1.29 is 14.3 Å². The van der Waals surface area contributed by atoms with Crippen molar-refractivity contribution in [2.75, 3.05) is 13.7 Å². The van der Waals surface area contributed by atoms with Gasteiger partial charge in [0.25, 0.3) is 0 Å². The first-order chi connectivity index (χ1) is 10.2. The molecule has 0 amide bonds. The number of methoxy groups -OCH3 is 1. The molecular formula is C17H25NO3. The molecule has 0 bridgehead atoms. The lowest BCUT2D eigenvalue weighted by molar-refractivity contribution is -0.146. The molecule has 21 heavy (non-hydrogen) atoms. The number of benzene rings is 1. The molecule has 4 nitrogen and oxygen atoms in total.